The van der Waals surface area contributed by atoms with E-state index in [2.05, 4.69) is 5.32 Å². The summed E-state index contributed by atoms with van der Waals surface area (Å²) in [5.41, 5.74) is 0.982. The first-order valence-electron chi connectivity index (χ1n) is 7.26. The molecule has 24 heavy (non-hydrogen) atoms. The van der Waals surface area contributed by atoms with Gasteiger partial charge in [0.25, 0.3) is 5.91 Å². The van der Waals surface area contributed by atoms with Crippen molar-refractivity contribution in [2.45, 2.75) is 6.04 Å². The topological polar surface area (TPSA) is 73.9 Å². The zero-order valence-electron chi connectivity index (χ0n) is 13.7. The zero-order valence-corrected chi connectivity index (χ0v) is 13.7. The van der Waals surface area contributed by atoms with Crippen LogP contribution in [0.25, 0.3) is 0 Å². The van der Waals surface area contributed by atoms with Gasteiger partial charge in [-0.15, -0.1) is 0 Å². The van der Waals surface area contributed by atoms with Crippen molar-refractivity contribution < 1.29 is 23.8 Å². The lowest BCUT2D eigenvalue weighted by atomic mass is 10.1. The first-order chi connectivity index (χ1) is 11.6. The van der Waals surface area contributed by atoms with Crippen LogP contribution in [0.5, 0.6) is 11.5 Å². The minimum absolute atomic E-state index is 0.345. The number of carbonyl (C=O) groups excluding carboxylic acids is 2. The van der Waals surface area contributed by atoms with Crippen LogP contribution in [0.1, 0.15) is 22.0 Å². The lowest BCUT2D eigenvalue weighted by Gasteiger charge is -2.17. The van der Waals surface area contributed by atoms with E-state index in [1.807, 2.05) is 6.07 Å². The molecule has 6 heteroatoms. The number of hydrogen-bond acceptors (Lipinski definition) is 5. The Balaban J connectivity index is 2.26. The van der Waals surface area contributed by atoms with Crippen molar-refractivity contribution in [3.05, 3.63) is 59.7 Å². The lowest BCUT2D eigenvalue weighted by molar-refractivity contribution is -0.143. The van der Waals surface area contributed by atoms with Crippen molar-refractivity contribution in [1.29, 1.82) is 0 Å². The van der Waals surface area contributed by atoms with E-state index in [-0.39, 0.29) is 0 Å². The number of nitrogens with one attached hydrogen (secondary N) is 1. The van der Waals surface area contributed by atoms with Crippen LogP contribution in [-0.4, -0.2) is 33.2 Å². The molecule has 2 aromatic rings. The van der Waals surface area contributed by atoms with Crippen molar-refractivity contribution in [3.8, 4) is 11.5 Å². The van der Waals surface area contributed by atoms with Gasteiger partial charge in [-0.1, -0.05) is 30.3 Å². The molecule has 6 nitrogen and oxygen atoms in total. The molecule has 0 aliphatic rings. The van der Waals surface area contributed by atoms with E-state index < -0.39 is 17.9 Å². The average Bonchev–Trinajstić information content (AvgIpc) is 2.65. The lowest BCUT2D eigenvalue weighted by Crippen LogP contribution is -2.34. The van der Waals surface area contributed by atoms with E-state index in [9.17, 15) is 9.59 Å². The van der Waals surface area contributed by atoms with Crippen LogP contribution in [-0.2, 0) is 9.53 Å². The average molecular weight is 329 g/mol. The molecule has 0 unspecified atom stereocenters. The standard InChI is InChI=1S/C18H19NO5/c1-22-14-10-9-13(11-15(14)23-2)17(20)19-16(18(21)24-3)12-7-5-4-6-8-12/h4-11,16H,1-3H3,(H,19,20)/t16-/m0/s1. The van der Waals surface area contributed by atoms with Crippen molar-refractivity contribution in [2.75, 3.05) is 21.3 Å². The highest BCUT2D eigenvalue weighted by atomic mass is 16.5. The molecular formula is C18H19NO5. The molecule has 0 radical (unpaired) electrons. The highest BCUT2D eigenvalue weighted by molar-refractivity contribution is 5.97. The Morgan fingerprint density at radius 2 is 1.58 bits per heavy atom. The Morgan fingerprint density at radius 1 is 0.917 bits per heavy atom. The Labute approximate surface area is 140 Å². The third-order valence-electron chi connectivity index (χ3n) is 3.49. The summed E-state index contributed by atoms with van der Waals surface area (Å²) >= 11 is 0. The highest BCUT2D eigenvalue weighted by Gasteiger charge is 2.24. The first kappa shape index (κ1) is 17.3. The molecule has 0 aromatic heterocycles. The second-order valence-corrected chi connectivity index (χ2v) is 4.91. The maximum Gasteiger partial charge on any atom is 0.333 e. The van der Waals surface area contributed by atoms with E-state index in [0.29, 0.717) is 22.6 Å². The minimum atomic E-state index is -0.892. The number of hydrogen-bond donors (Lipinski definition) is 1. The molecule has 0 aliphatic heterocycles. The Morgan fingerprint density at radius 3 is 2.17 bits per heavy atom. The second-order valence-electron chi connectivity index (χ2n) is 4.91. The number of rotatable bonds is 6. The fraction of sp³-hybridized carbons (Fsp3) is 0.222. The van der Waals surface area contributed by atoms with Gasteiger partial charge in [0.15, 0.2) is 17.5 Å². The highest BCUT2D eigenvalue weighted by Crippen LogP contribution is 2.27. The monoisotopic (exact) mass is 329 g/mol. The maximum absolute atomic E-state index is 12.5. The number of esters is 1. The van der Waals surface area contributed by atoms with Crippen molar-refractivity contribution in [3.63, 3.8) is 0 Å². The van der Waals surface area contributed by atoms with Crippen LogP contribution in [0, 0.1) is 0 Å². The summed E-state index contributed by atoms with van der Waals surface area (Å²) in [6, 6.07) is 12.8. The van der Waals surface area contributed by atoms with Gasteiger partial charge >= 0.3 is 5.97 Å². The van der Waals surface area contributed by atoms with Gasteiger partial charge in [-0.05, 0) is 23.8 Å². The molecule has 0 saturated carbocycles. The van der Waals surface area contributed by atoms with E-state index in [4.69, 9.17) is 14.2 Å². The number of ether oxygens (including phenoxy) is 3. The molecule has 0 bridgehead atoms. The van der Waals surface area contributed by atoms with Crippen LogP contribution < -0.4 is 14.8 Å². The van der Waals surface area contributed by atoms with Gasteiger partial charge in [-0.3, -0.25) is 4.79 Å². The van der Waals surface area contributed by atoms with Crippen molar-refractivity contribution in [2.24, 2.45) is 0 Å². The Hall–Kier alpha value is -3.02. The molecule has 0 heterocycles. The molecule has 0 aliphatic carbocycles. The number of methoxy groups -OCH3 is 3. The summed E-state index contributed by atoms with van der Waals surface area (Å²) < 4.78 is 15.1. The molecule has 2 rings (SSSR count). The van der Waals surface area contributed by atoms with Crippen LogP contribution >= 0.6 is 0 Å². The molecule has 0 spiro atoms. The number of carbonyl (C=O) groups is 2. The van der Waals surface area contributed by atoms with Crippen LogP contribution in [0.15, 0.2) is 48.5 Å². The molecule has 0 fully saturated rings. The largest absolute Gasteiger partial charge is 0.493 e. The number of benzene rings is 2. The Bertz CT molecular complexity index is 715. The third-order valence-corrected chi connectivity index (χ3v) is 3.49. The van der Waals surface area contributed by atoms with E-state index in [0.717, 1.165) is 0 Å². The molecule has 1 amide bonds. The summed E-state index contributed by atoms with van der Waals surface area (Å²) in [7, 11) is 4.28. The quantitative estimate of drug-likeness (QED) is 0.824. The summed E-state index contributed by atoms with van der Waals surface area (Å²) in [6.45, 7) is 0. The molecular weight excluding hydrogens is 310 g/mol. The van der Waals surface area contributed by atoms with Gasteiger partial charge in [-0.2, -0.15) is 0 Å². The van der Waals surface area contributed by atoms with Crippen LogP contribution in [0.2, 0.25) is 0 Å². The summed E-state index contributed by atoms with van der Waals surface area (Å²) in [5, 5.41) is 2.68. The maximum atomic E-state index is 12.5. The van der Waals surface area contributed by atoms with Crippen LogP contribution in [0.4, 0.5) is 0 Å². The zero-order chi connectivity index (χ0) is 17.5. The first-order valence-corrected chi connectivity index (χ1v) is 7.26. The number of amides is 1. The minimum Gasteiger partial charge on any atom is -0.493 e. The van der Waals surface area contributed by atoms with Gasteiger partial charge in [0.1, 0.15) is 0 Å². The summed E-state index contributed by atoms with van der Waals surface area (Å²) in [4.78, 5) is 24.5. The van der Waals surface area contributed by atoms with Crippen LogP contribution in [0.3, 0.4) is 0 Å². The Kier molecular flexibility index (Phi) is 5.78. The summed E-state index contributed by atoms with van der Waals surface area (Å²) in [5.74, 6) is -0.0219. The predicted octanol–water partition coefficient (Wildman–Crippen LogP) is 2.35. The smallest absolute Gasteiger partial charge is 0.333 e. The second kappa shape index (κ2) is 8.01. The van der Waals surface area contributed by atoms with E-state index >= 15 is 0 Å². The molecule has 2 aromatic carbocycles. The molecule has 0 saturated heterocycles. The SMILES string of the molecule is COC(=O)[C@@H](NC(=O)c1ccc(OC)c(OC)c1)c1ccccc1. The predicted molar refractivity (Wildman–Crippen MR) is 88.2 cm³/mol. The molecule has 1 N–H and O–H groups in total. The van der Waals surface area contributed by atoms with Gasteiger partial charge in [0.2, 0.25) is 0 Å². The third kappa shape index (κ3) is 3.84. The fourth-order valence-electron chi connectivity index (χ4n) is 2.23. The van der Waals surface area contributed by atoms with E-state index in [1.54, 1.807) is 42.5 Å². The van der Waals surface area contributed by atoms with Gasteiger partial charge in [0.05, 0.1) is 21.3 Å². The van der Waals surface area contributed by atoms with E-state index in [1.165, 1.54) is 21.3 Å². The van der Waals surface area contributed by atoms with Gasteiger partial charge < -0.3 is 19.5 Å². The van der Waals surface area contributed by atoms with Gasteiger partial charge in [0, 0.05) is 5.56 Å². The van der Waals surface area contributed by atoms with Crippen molar-refractivity contribution >= 4 is 11.9 Å². The molecule has 126 valence electrons. The summed E-state index contributed by atoms with van der Waals surface area (Å²) in [6.07, 6.45) is 0. The van der Waals surface area contributed by atoms with Crippen molar-refractivity contribution in [1.82, 2.24) is 5.32 Å². The molecule has 1 atom stereocenters. The normalized spacial score (nSPS) is 11.3. The van der Waals surface area contributed by atoms with Gasteiger partial charge in [-0.25, -0.2) is 4.79 Å². The fourth-order valence-corrected chi connectivity index (χ4v) is 2.23.